The van der Waals surface area contributed by atoms with Crippen molar-refractivity contribution in [3.8, 4) is 5.75 Å². The van der Waals surface area contributed by atoms with Crippen molar-refractivity contribution in [3.63, 3.8) is 0 Å². The third-order valence-corrected chi connectivity index (χ3v) is 2.20. The fraction of sp³-hybridized carbons (Fsp3) is 0.100. The Morgan fingerprint density at radius 2 is 2.29 bits per heavy atom. The largest absolute Gasteiger partial charge is 0.508 e. The summed E-state index contributed by atoms with van der Waals surface area (Å²) in [5.41, 5.74) is 0.810. The molecule has 0 unspecified atom stereocenters. The number of H-pyrrole nitrogens is 1. The van der Waals surface area contributed by atoms with Gasteiger partial charge in [-0.15, -0.1) is 0 Å². The summed E-state index contributed by atoms with van der Waals surface area (Å²) in [6.45, 7) is 0. The van der Waals surface area contributed by atoms with E-state index in [0.29, 0.717) is 11.4 Å². The van der Waals surface area contributed by atoms with Crippen LogP contribution in [-0.4, -0.2) is 15.1 Å². The highest BCUT2D eigenvalue weighted by atomic mass is 35.5. The second-order valence-electron chi connectivity index (χ2n) is 2.99. The molecule has 2 rings (SSSR count). The van der Waals surface area contributed by atoms with Gasteiger partial charge in [-0.05, 0) is 12.1 Å². The van der Waals surface area contributed by atoms with Crippen LogP contribution < -0.4 is 0 Å². The molecule has 0 aliphatic rings. The van der Waals surface area contributed by atoms with Crippen LogP contribution in [0.1, 0.15) is 11.4 Å². The van der Waals surface area contributed by atoms with E-state index < -0.39 is 0 Å². The smallest absolute Gasteiger partial charge is 0.120 e. The molecule has 0 aliphatic heterocycles. The third kappa shape index (κ3) is 1.88. The van der Waals surface area contributed by atoms with Gasteiger partial charge in [0.1, 0.15) is 11.6 Å². The highest BCUT2D eigenvalue weighted by Crippen LogP contribution is 2.23. The van der Waals surface area contributed by atoms with E-state index in [9.17, 15) is 5.11 Å². The molecule has 14 heavy (non-hydrogen) atoms. The minimum atomic E-state index is 0.203. The number of phenolic OH excluding ortho intramolecular Hbond substituents is 1. The Kier molecular flexibility index (Phi) is 2.41. The molecule has 0 radical (unpaired) electrons. The van der Waals surface area contributed by atoms with E-state index in [4.69, 9.17) is 11.6 Å². The fourth-order valence-electron chi connectivity index (χ4n) is 1.26. The summed E-state index contributed by atoms with van der Waals surface area (Å²) in [6.07, 6.45) is 4.01. The molecule has 0 fully saturated rings. The molecular weight excluding hydrogens is 200 g/mol. The Morgan fingerprint density at radius 3 is 2.93 bits per heavy atom. The summed E-state index contributed by atoms with van der Waals surface area (Å²) in [7, 11) is 0. The number of aromatic nitrogens is 2. The minimum Gasteiger partial charge on any atom is -0.508 e. The lowest BCUT2D eigenvalue weighted by Crippen LogP contribution is -1.90. The summed E-state index contributed by atoms with van der Waals surface area (Å²) in [6, 6.07) is 5.07. The summed E-state index contributed by atoms with van der Waals surface area (Å²) >= 11 is 5.72. The molecule has 0 bridgehead atoms. The standard InChI is InChI=1S/C10H9ClN2O/c11-8-2-1-7(9(14)6-8)5-10-12-3-4-13-10/h1-4,6,14H,5H2,(H,12,13). The van der Waals surface area contributed by atoms with E-state index in [1.165, 1.54) is 6.07 Å². The Morgan fingerprint density at radius 1 is 1.43 bits per heavy atom. The van der Waals surface area contributed by atoms with E-state index in [-0.39, 0.29) is 5.75 Å². The maximum atomic E-state index is 9.56. The van der Waals surface area contributed by atoms with Crippen molar-refractivity contribution in [2.45, 2.75) is 6.42 Å². The predicted molar refractivity (Wildman–Crippen MR) is 54.5 cm³/mol. The van der Waals surface area contributed by atoms with Crippen molar-refractivity contribution in [1.29, 1.82) is 0 Å². The van der Waals surface area contributed by atoms with Crippen molar-refractivity contribution < 1.29 is 5.11 Å². The van der Waals surface area contributed by atoms with Gasteiger partial charge in [-0.1, -0.05) is 17.7 Å². The number of hydrogen-bond donors (Lipinski definition) is 2. The molecule has 4 heteroatoms. The van der Waals surface area contributed by atoms with Crippen molar-refractivity contribution in [2.24, 2.45) is 0 Å². The zero-order valence-electron chi connectivity index (χ0n) is 7.37. The van der Waals surface area contributed by atoms with Gasteiger partial charge in [0.2, 0.25) is 0 Å². The van der Waals surface area contributed by atoms with Gasteiger partial charge in [-0.2, -0.15) is 0 Å². The molecule has 0 saturated carbocycles. The van der Waals surface area contributed by atoms with Crippen molar-refractivity contribution in [3.05, 3.63) is 47.0 Å². The van der Waals surface area contributed by atoms with Crippen LogP contribution in [0.5, 0.6) is 5.75 Å². The molecule has 0 atom stereocenters. The number of aromatic amines is 1. The monoisotopic (exact) mass is 208 g/mol. The van der Waals surface area contributed by atoms with Crippen LogP contribution in [0, 0.1) is 0 Å². The molecule has 2 aromatic rings. The Balaban J connectivity index is 2.25. The minimum absolute atomic E-state index is 0.203. The van der Waals surface area contributed by atoms with Gasteiger partial charge in [0, 0.05) is 29.4 Å². The number of halogens is 1. The number of nitrogens with one attached hydrogen (secondary N) is 1. The zero-order chi connectivity index (χ0) is 9.97. The Hall–Kier alpha value is -1.48. The van der Waals surface area contributed by atoms with E-state index in [2.05, 4.69) is 9.97 Å². The zero-order valence-corrected chi connectivity index (χ0v) is 8.12. The molecule has 0 amide bonds. The van der Waals surface area contributed by atoms with Gasteiger partial charge < -0.3 is 10.1 Å². The Bertz CT molecular complexity index is 426. The fourth-order valence-corrected chi connectivity index (χ4v) is 1.43. The van der Waals surface area contributed by atoms with Crippen LogP contribution in [0.2, 0.25) is 5.02 Å². The van der Waals surface area contributed by atoms with Crippen LogP contribution in [0.25, 0.3) is 0 Å². The molecule has 0 spiro atoms. The maximum absolute atomic E-state index is 9.56. The molecule has 72 valence electrons. The summed E-state index contributed by atoms with van der Waals surface area (Å²) in [4.78, 5) is 7.05. The summed E-state index contributed by atoms with van der Waals surface area (Å²) < 4.78 is 0. The predicted octanol–water partition coefficient (Wildman–Crippen LogP) is 2.36. The number of imidazole rings is 1. The lowest BCUT2D eigenvalue weighted by Gasteiger charge is -2.02. The van der Waals surface area contributed by atoms with E-state index >= 15 is 0 Å². The van der Waals surface area contributed by atoms with E-state index in [1.807, 2.05) is 0 Å². The number of aromatic hydroxyl groups is 1. The average Bonchev–Trinajstić information content (AvgIpc) is 2.62. The lowest BCUT2D eigenvalue weighted by molar-refractivity contribution is 0.469. The van der Waals surface area contributed by atoms with Crippen molar-refractivity contribution in [2.75, 3.05) is 0 Å². The first-order valence-electron chi connectivity index (χ1n) is 4.21. The van der Waals surface area contributed by atoms with Gasteiger partial charge in [-0.3, -0.25) is 0 Å². The van der Waals surface area contributed by atoms with Crippen molar-refractivity contribution >= 4 is 11.6 Å². The van der Waals surface area contributed by atoms with E-state index in [0.717, 1.165) is 11.4 Å². The maximum Gasteiger partial charge on any atom is 0.120 e. The van der Waals surface area contributed by atoms with Crippen LogP contribution >= 0.6 is 11.6 Å². The molecule has 1 heterocycles. The van der Waals surface area contributed by atoms with Gasteiger partial charge in [0.25, 0.3) is 0 Å². The third-order valence-electron chi connectivity index (χ3n) is 1.96. The number of rotatable bonds is 2. The molecule has 2 N–H and O–H groups in total. The Labute approximate surface area is 86.4 Å². The normalized spacial score (nSPS) is 10.4. The first-order chi connectivity index (χ1) is 6.75. The van der Waals surface area contributed by atoms with Crippen LogP contribution in [0.15, 0.2) is 30.6 Å². The van der Waals surface area contributed by atoms with Gasteiger partial charge in [0.05, 0.1) is 0 Å². The number of nitrogens with zero attached hydrogens (tertiary/aromatic N) is 1. The van der Waals surface area contributed by atoms with Crippen LogP contribution in [0.3, 0.4) is 0 Å². The highest BCUT2D eigenvalue weighted by molar-refractivity contribution is 6.30. The number of hydrogen-bond acceptors (Lipinski definition) is 2. The van der Waals surface area contributed by atoms with Crippen LogP contribution in [0.4, 0.5) is 0 Å². The van der Waals surface area contributed by atoms with Gasteiger partial charge >= 0.3 is 0 Å². The summed E-state index contributed by atoms with van der Waals surface area (Å²) in [5.74, 6) is 1.02. The molecule has 0 saturated heterocycles. The highest BCUT2D eigenvalue weighted by Gasteiger charge is 2.04. The SMILES string of the molecule is Oc1cc(Cl)ccc1Cc1ncc[nH]1. The van der Waals surface area contributed by atoms with Crippen LogP contribution in [-0.2, 0) is 6.42 Å². The molecule has 1 aromatic carbocycles. The quantitative estimate of drug-likeness (QED) is 0.796. The van der Waals surface area contributed by atoms with Crippen molar-refractivity contribution in [1.82, 2.24) is 9.97 Å². The molecule has 1 aromatic heterocycles. The number of benzene rings is 1. The second kappa shape index (κ2) is 3.72. The first kappa shape index (κ1) is 9.09. The van der Waals surface area contributed by atoms with Gasteiger partial charge in [0.15, 0.2) is 0 Å². The number of phenols is 1. The summed E-state index contributed by atoms with van der Waals surface area (Å²) in [5, 5.41) is 10.1. The molecule has 3 nitrogen and oxygen atoms in total. The average molecular weight is 209 g/mol. The topological polar surface area (TPSA) is 48.9 Å². The molecular formula is C10H9ClN2O. The van der Waals surface area contributed by atoms with E-state index in [1.54, 1.807) is 24.5 Å². The van der Waals surface area contributed by atoms with Gasteiger partial charge in [-0.25, -0.2) is 4.98 Å². The first-order valence-corrected chi connectivity index (χ1v) is 4.59. The molecule has 0 aliphatic carbocycles. The lowest BCUT2D eigenvalue weighted by atomic mass is 10.1. The second-order valence-corrected chi connectivity index (χ2v) is 3.42.